The molecular formula is C12H19N5O2. The second-order valence-electron chi connectivity index (χ2n) is 5.34. The molecular weight excluding hydrogens is 246 g/mol. The van der Waals surface area contributed by atoms with E-state index in [0.29, 0.717) is 25.6 Å². The van der Waals surface area contributed by atoms with Crippen LogP contribution in [0.5, 0.6) is 0 Å². The van der Waals surface area contributed by atoms with Crippen LogP contribution in [0.3, 0.4) is 0 Å². The van der Waals surface area contributed by atoms with Crippen LogP contribution in [0.25, 0.3) is 0 Å². The number of carbonyl (C=O) groups excluding carboxylic acids is 1. The van der Waals surface area contributed by atoms with Gasteiger partial charge in [-0.05, 0) is 19.8 Å². The maximum Gasteiger partial charge on any atom is 0.293 e. The van der Waals surface area contributed by atoms with Crippen LogP contribution in [0.15, 0.2) is 0 Å². The fraction of sp³-hybridized carbons (Fsp3) is 0.750. The third-order valence-electron chi connectivity index (χ3n) is 3.63. The molecule has 1 saturated heterocycles. The molecule has 7 heteroatoms. The van der Waals surface area contributed by atoms with Crippen LogP contribution in [-0.2, 0) is 4.74 Å². The lowest BCUT2D eigenvalue weighted by Crippen LogP contribution is -2.51. The highest BCUT2D eigenvalue weighted by Gasteiger charge is 2.31. The quantitative estimate of drug-likeness (QED) is 0.793. The van der Waals surface area contributed by atoms with Crippen LogP contribution in [0.1, 0.15) is 42.1 Å². The van der Waals surface area contributed by atoms with Gasteiger partial charge in [0.2, 0.25) is 5.82 Å². The second-order valence-corrected chi connectivity index (χ2v) is 5.34. The van der Waals surface area contributed by atoms with Gasteiger partial charge in [0, 0.05) is 25.0 Å². The molecule has 2 aliphatic rings. The summed E-state index contributed by atoms with van der Waals surface area (Å²) in [6.45, 7) is 3.47. The Kier molecular flexibility index (Phi) is 3.24. The van der Waals surface area contributed by atoms with Crippen molar-refractivity contribution >= 4 is 5.91 Å². The summed E-state index contributed by atoms with van der Waals surface area (Å²) in [5.74, 6) is 1.42. The summed E-state index contributed by atoms with van der Waals surface area (Å²) in [6.07, 6.45) is 2.15. The van der Waals surface area contributed by atoms with Gasteiger partial charge < -0.3 is 15.4 Å². The van der Waals surface area contributed by atoms with Crippen LogP contribution in [0, 0.1) is 0 Å². The van der Waals surface area contributed by atoms with E-state index in [-0.39, 0.29) is 23.9 Å². The molecule has 104 valence electrons. The summed E-state index contributed by atoms with van der Waals surface area (Å²) in [5, 5.41) is 6.88. The zero-order valence-corrected chi connectivity index (χ0v) is 11.0. The number of morpholine rings is 1. The lowest BCUT2D eigenvalue weighted by Gasteiger charge is -2.34. The SMILES string of the molecule is CC(N)C1CN(C(=O)c2n[nH]c(C3CC3)n2)CCO1. The molecule has 1 saturated carbocycles. The third kappa shape index (κ3) is 2.62. The van der Waals surface area contributed by atoms with Gasteiger partial charge in [-0.1, -0.05) is 0 Å². The van der Waals surface area contributed by atoms with Crippen molar-refractivity contribution in [2.24, 2.45) is 5.73 Å². The van der Waals surface area contributed by atoms with Gasteiger partial charge >= 0.3 is 0 Å². The molecule has 2 unspecified atom stereocenters. The molecule has 2 fully saturated rings. The van der Waals surface area contributed by atoms with E-state index in [1.807, 2.05) is 6.92 Å². The van der Waals surface area contributed by atoms with Crippen LogP contribution >= 0.6 is 0 Å². The topological polar surface area (TPSA) is 97.1 Å². The number of hydrogen-bond donors (Lipinski definition) is 2. The average molecular weight is 265 g/mol. The Morgan fingerprint density at radius 2 is 2.37 bits per heavy atom. The number of ether oxygens (including phenoxy) is 1. The van der Waals surface area contributed by atoms with E-state index in [1.54, 1.807) is 4.90 Å². The van der Waals surface area contributed by atoms with Crippen LogP contribution in [-0.4, -0.2) is 57.8 Å². The summed E-state index contributed by atoms with van der Waals surface area (Å²) in [6, 6.07) is -0.0928. The van der Waals surface area contributed by atoms with Crippen molar-refractivity contribution in [3.63, 3.8) is 0 Å². The summed E-state index contributed by atoms with van der Waals surface area (Å²) in [7, 11) is 0. The van der Waals surface area contributed by atoms with Crippen LogP contribution in [0.2, 0.25) is 0 Å². The first-order valence-electron chi connectivity index (χ1n) is 6.74. The largest absolute Gasteiger partial charge is 0.373 e. The van der Waals surface area contributed by atoms with Crippen molar-refractivity contribution in [3.05, 3.63) is 11.6 Å². The number of H-pyrrole nitrogens is 1. The minimum absolute atomic E-state index is 0.0928. The Hall–Kier alpha value is -1.47. The van der Waals surface area contributed by atoms with Crippen molar-refractivity contribution in [1.29, 1.82) is 0 Å². The van der Waals surface area contributed by atoms with Gasteiger partial charge in [-0.15, -0.1) is 5.10 Å². The van der Waals surface area contributed by atoms with E-state index in [1.165, 1.54) is 0 Å². The number of carbonyl (C=O) groups is 1. The molecule has 1 amide bonds. The van der Waals surface area contributed by atoms with E-state index >= 15 is 0 Å². The number of nitrogens with zero attached hydrogens (tertiary/aromatic N) is 3. The first-order chi connectivity index (χ1) is 9.15. The number of aromatic nitrogens is 3. The van der Waals surface area contributed by atoms with E-state index in [4.69, 9.17) is 10.5 Å². The molecule has 3 rings (SSSR count). The molecule has 19 heavy (non-hydrogen) atoms. The molecule has 0 bridgehead atoms. The van der Waals surface area contributed by atoms with Gasteiger partial charge in [-0.25, -0.2) is 4.98 Å². The minimum Gasteiger partial charge on any atom is -0.373 e. The zero-order valence-electron chi connectivity index (χ0n) is 11.0. The van der Waals surface area contributed by atoms with Crippen LogP contribution < -0.4 is 5.73 Å². The van der Waals surface area contributed by atoms with Gasteiger partial charge in [0.05, 0.1) is 12.7 Å². The molecule has 1 aliphatic heterocycles. The van der Waals surface area contributed by atoms with Gasteiger partial charge in [-0.2, -0.15) is 0 Å². The smallest absolute Gasteiger partial charge is 0.293 e. The Morgan fingerprint density at radius 3 is 3.05 bits per heavy atom. The number of rotatable bonds is 3. The maximum absolute atomic E-state index is 12.3. The first-order valence-corrected chi connectivity index (χ1v) is 6.74. The predicted octanol–water partition coefficient (Wildman–Crippen LogP) is -0.130. The third-order valence-corrected chi connectivity index (χ3v) is 3.63. The highest BCUT2D eigenvalue weighted by Crippen LogP contribution is 2.37. The zero-order chi connectivity index (χ0) is 13.4. The number of nitrogens with one attached hydrogen (secondary N) is 1. The standard InChI is InChI=1S/C12H19N5O2/c1-7(13)9-6-17(4-5-19-9)12(18)11-14-10(15-16-11)8-2-3-8/h7-9H,2-6,13H2,1H3,(H,14,15,16). The summed E-state index contributed by atoms with van der Waals surface area (Å²) in [5.41, 5.74) is 5.82. The second kappa shape index (κ2) is 4.90. The molecule has 0 aromatic carbocycles. The molecule has 1 aromatic heterocycles. The fourth-order valence-corrected chi connectivity index (χ4v) is 2.23. The van der Waals surface area contributed by atoms with E-state index in [2.05, 4.69) is 15.2 Å². The van der Waals surface area contributed by atoms with E-state index in [9.17, 15) is 4.79 Å². The molecule has 0 spiro atoms. The lowest BCUT2D eigenvalue weighted by atomic mass is 10.1. The van der Waals surface area contributed by atoms with Crippen molar-refractivity contribution < 1.29 is 9.53 Å². The van der Waals surface area contributed by atoms with Crippen molar-refractivity contribution in [1.82, 2.24) is 20.1 Å². The Balaban J connectivity index is 1.68. The minimum atomic E-state index is -0.142. The molecule has 7 nitrogen and oxygen atoms in total. The number of aromatic amines is 1. The normalized spacial score (nSPS) is 25.4. The summed E-state index contributed by atoms with van der Waals surface area (Å²) in [4.78, 5) is 18.3. The van der Waals surface area contributed by atoms with Crippen molar-refractivity contribution in [3.8, 4) is 0 Å². The number of hydrogen-bond acceptors (Lipinski definition) is 5. The average Bonchev–Trinajstić information content (AvgIpc) is 3.16. The summed E-state index contributed by atoms with van der Waals surface area (Å²) >= 11 is 0. The molecule has 0 radical (unpaired) electrons. The Labute approximate surface area is 111 Å². The Bertz CT molecular complexity index is 468. The van der Waals surface area contributed by atoms with Gasteiger partial charge in [0.15, 0.2) is 0 Å². The van der Waals surface area contributed by atoms with Gasteiger partial charge in [0.25, 0.3) is 5.91 Å². The fourth-order valence-electron chi connectivity index (χ4n) is 2.23. The molecule has 1 aromatic rings. The van der Waals surface area contributed by atoms with E-state index in [0.717, 1.165) is 18.7 Å². The molecule has 1 aliphatic carbocycles. The number of nitrogens with two attached hydrogens (primary N) is 1. The number of amides is 1. The highest BCUT2D eigenvalue weighted by atomic mass is 16.5. The first kappa shape index (κ1) is 12.6. The molecule has 3 N–H and O–H groups in total. The molecule has 2 heterocycles. The predicted molar refractivity (Wildman–Crippen MR) is 67.7 cm³/mol. The van der Waals surface area contributed by atoms with Crippen molar-refractivity contribution in [2.75, 3.05) is 19.7 Å². The highest BCUT2D eigenvalue weighted by molar-refractivity contribution is 5.90. The van der Waals surface area contributed by atoms with Gasteiger partial charge in [-0.3, -0.25) is 9.89 Å². The maximum atomic E-state index is 12.3. The summed E-state index contributed by atoms with van der Waals surface area (Å²) < 4.78 is 5.54. The lowest BCUT2D eigenvalue weighted by molar-refractivity contribution is -0.0303. The van der Waals surface area contributed by atoms with Crippen LogP contribution in [0.4, 0.5) is 0 Å². The Morgan fingerprint density at radius 1 is 1.58 bits per heavy atom. The van der Waals surface area contributed by atoms with Crippen molar-refractivity contribution in [2.45, 2.75) is 37.8 Å². The van der Waals surface area contributed by atoms with E-state index < -0.39 is 0 Å². The van der Waals surface area contributed by atoms with Gasteiger partial charge in [0.1, 0.15) is 5.82 Å². The monoisotopic (exact) mass is 265 g/mol. The molecule has 2 atom stereocenters.